The van der Waals surface area contributed by atoms with Crippen molar-refractivity contribution in [3.05, 3.63) is 70.4 Å². The molecule has 1 aliphatic rings. The van der Waals surface area contributed by atoms with Crippen LogP contribution < -0.4 is 5.32 Å². The number of nitrogens with zero attached hydrogens (tertiary/aromatic N) is 6. The van der Waals surface area contributed by atoms with Crippen LogP contribution in [0.2, 0.25) is 0 Å². The van der Waals surface area contributed by atoms with Crippen LogP contribution in [0.1, 0.15) is 27.6 Å². The van der Waals surface area contributed by atoms with Crippen LogP contribution in [-0.2, 0) is 4.79 Å². The molecule has 0 radical (unpaired) electrons. The first-order valence-electron chi connectivity index (χ1n) is 8.66. The van der Waals surface area contributed by atoms with Gasteiger partial charge in [-0.2, -0.15) is 5.10 Å². The Morgan fingerprint density at radius 1 is 1.20 bits per heavy atom. The van der Waals surface area contributed by atoms with E-state index < -0.39 is 34.4 Å². The molecule has 2 aromatic heterocycles. The van der Waals surface area contributed by atoms with Gasteiger partial charge in [0.25, 0.3) is 17.5 Å². The van der Waals surface area contributed by atoms with Gasteiger partial charge >= 0.3 is 0 Å². The largest absolute Gasteiger partial charge is 0.321 e. The lowest BCUT2D eigenvalue weighted by molar-refractivity contribution is -0.385. The summed E-state index contributed by atoms with van der Waals surface area (Å²) in [5, 5.41) is 17.8. The summed E-state index contributed by atoms with van der Waals surface area (Å²) in [7, 11) is 0. The zero-order valence-electron chi connectivity index (χ0n) is 15.4. The topological polar surface area (TPSA) is 153 Å². The molecule has 4 rings (SSSR count). The van der Waals surface area contributed by atoms with Gasteiger partial charge in [0.05, 0.1) is 16.2 Å². The van der Waals surface area contributed by atoms with E-state index in [1.165, 1.54) is 42.6 Å². The number of rotatable bonds is 5. The molecule has 1 aromatic carbocycles. The number of nitrogens with one attached hydrogen (secondary N) is 1. The Bertz CT molecular complexity index is 1190. The van der Waals surface area contributed by atoms with Crippen LogP contribution in [0, 0.1) is 10.1 Å². The fraction of sp³-hybridized carbons (Fsp3) is 0.111. The van der Waals surface area contributed by atoms with Crippen LogP contribution >= 0.6 is 0 Å². The van der Waals surface area contributed by atoms with Gasteiger partial charge in [-0.25, -0.2) is 14.6 Å². The van der Waals surface area contributed by atoms with E-state index in [1.54, 1.807) is 12.1 Å². The highest BCUT2D eigenvalue weighted by Gasteiger charge is 2.44. The van der Waals surface area contributed by atoms with Crippen molar-refractivity contribution in [3.63, 3.8) is 0 Å². The number of carbonyl (C=O) groups is 3. The number of aromatic nitrogens is 4. The third-order valence-electron chi connectivity index (χ3n) is 4.57. The first kappa shape index (κ1) is 18.9. The van der Waals surface area contributed by atoms with Crippen LogP contribution in [0.15, 0.2) is 49.2 Å². The second kappa shape index (κ2) is 7.16. The number of imide groups is 1. The maximum atomic E-state index is 12.8. The number of pyridine rings is 1. The zero-order valence-corrected chi connectivity index (χ0v) is 15.4. The summed E-state index contributed by atoms with van der Waals surface area (Å²) in [5.41, 5.74) is -0.639. The van der Waals surface area contributed by atoms with E-state index in [9.17, 15) is 24.5 Å². The van der Waals surface area contributed by atoms with Crippen molar-refractivity contribution in [1.82, 2.24) is 24.6 Å². The second-order valence-electron chi connectivity index (χ2n) is 6.32. The minimum absolute atomic E-state index is 0.112. The maximum absolute atomic E-state index is 12.8. The number of anilines is 1. The van der Waals surface area contributed by atoms with E-state index in [4.69, 9.17) is 0 Å². The van der Waals surface area contributed by atoms with Gasteiger partial charge in [-0.3, -0.25) is 29.4 Å². The molecule has 0 bridgehead atoms. The standard InChI is InChI=1S/C18H13N7O5/c1-10(16(26)22-12-5-3-7-20-15(12)23-9-19-8-21-23)24-17(27)11-4-2-6-13(25(29)30)14(11)18(24)28/h2-10H,1H3,(H,22,26). The Balaban J connectivity index is 1.62. The lowest BCUT2D eigenvalue weighted by Gasteiger charge is -2.22. The highest BCUT2D eigenvalue weighted by atomic mass is 16.6. The third-order valence-corrected chi connectivity index (χ3v) is 4.57. The Hall–Kier alpha value is -4.48. The summed E-state index contributed by atoms with van der Waals surface area (Å²) in [5.74, 6) is -2.06. The fourth-order valence-corrected chi connectivity index (χ4v) is 3.14. The predicted molar refractivity (Wildman–Crippen MR) is 101 cm³/mol. The average Bonchev–Trinajstić information content (AvgIpc) is 3.35. The fourth-order valence-electron chi connectivity index (χ4n) is 3.14. The van der Waals surface area contributed by atoms with Crippen molar-refractivity contribution in [2.75, 3.05) is 5.32 Å². The third kappa shape index (κ3) is 2.96. The smallest absolute Gasteiger partial charge is 0.282 e. The van der Waals surface area contributed by atoms with Crippen molar-refractivity contribution >= 4 is 29.1 Å². The van der Waals surface area contributed by atoms with Crippen molar-refractivity contribution in [2.45, 2.75) is 13.0 Å². The summed E-state index contributed by atoms with van der Waals surface area (Å²) < 4.78 is 1.34. The van der Waals surface area contributed by atoms with Gasteiger partial charge in [0.15, 0.2) is 5.82 Å². The van der Waals surface area contributed by atoms with E-state index in [-0.39, 0.29) is 22.6 Å². The number of amides is 3. The molecule has 3 aromatic rings. The molecule has 12 nitrogen and oxygen atoms in total. The van der Waals surface area contributed by atoms with Gasteiger partial charge in [0, 0.05) is 12.3 Å². The molecule has 1 atom stereocenters. The molecular formula is C18H13N7O5. The molecule has 12 heteroatoms. The van der Waals surface area contributed by atoms with Crippen molar-refractivity contribution < 1.29 is 19.3 Å². The summed E-state index contributed by atoms with van der Waals surface area (Å²) in [6.45, 7) is 1.36. The summed E-state index contributed by atoms with van der Waals surface area (Å²) in [4.78, 5) is 57.5. The van der Waals surface area contributed by atoms with Gasteiger partial charge in [-0.1, -0.05) is 6.07 Å². The number of fused-ring (bicyclic) bond motifs is 1. The second-order valence-corrected chi connectivity index (χ2v) is 6.32. The Morgan fingerprint density at radius 2 is 2.00 bits per heavy atom. The van der Waals surface area contributed by atoms with Gasteiger partial charge in [0.1, 0.15) is 24.3 Å². The van der Waals surface area contributed by atoms with Gasteiger partial charge < -0.3 is 5.32 Å². The summed E-state index contributed by atoms with van der Waals surface area (Å²) >= 11 is 0. The molecule has 3 amide bonds. The molecule has 0 fully saturated rings. The number of benzene rings is 1. The first-order valence-corrected chi connectivity index (χ1v) is 8.66. The first-order chi connectivity index (χ1) is 14.4. The van der Waals surface area contributed by atoms with E-state index >= 15 is 0 Å². The molecule has 30 heavy (non-hydrogen) atoms. The number of hydrogen-bond donors (Lipinski definition) is 1. The van der Waals surface area contributed by atoms with Crippen molar-refractivity contribution in [1.29, 1.82) is 0 Å². The highest BCUT2D eigenvalue weighted by Crippen LogP contribution is 2.32. The van der Waals surface area contributed by atoms with Gasteiger partial charge in [0.2, 0.25) is 5.91 Å². The normalized spacial score (nSPS) is 13.8. The van der Waals surface area contributed by atoms with Crippen LogP contribution in [0.25, 0.3) is 5.82 Å². The molecule has 150 valence electrons. The van der Waals surface area contributed by atoms with Gasteiger partial charge in [-0.05, 0) is 25.1 Å². The van der Waals surface area contributed by atoms with Crippen molar-refractivity contribution in [3.8, 4) is 5.82 Å². The lowest BCUT2D eigenvalue weighted by Crippen LogP contribution is -2.45. The molecule has 0 aliphatic carbocycles. The van der Waals surface area contributed by atoms with E-state index in [0.717, 1.165) is 6.07 Å². The molecule has 0 saturated carbocycles. The number of nitro benzene ring substituents is 1. The molecule has 1 aliphatic heterocycles. The average molecular weight is 407 g/mol. The van der Waals surface area contributed by atoms with E-state index in [1.807, 2.05) is 0 Å². The summed E-state index contributed by atoms with van der Waals surface area (Å²) in [6.07, 6.45) is 4.19. The molecule has 0 saturated heterocycles. The van der Waals surface area contributed by atoms with E-state index in [2.05, 4.69) is 20.4 Å². The number of carbonyl (C=O) groups excluding carboxylic acids is 3. The Kier molecular flexibility index (Phi) is 4.50. The Morgan fingerprint density at radius 3 is 2.70 bits per heavy atom. The van der Waals surface area contributed by atoms with Crippen LogP contribution in [0.3, 0.4) is 0 Å². The minimum atomic E-state index is -1.24. The van der Waals surface area contributed by atoms with Crippen LogP contribution in [-0.4, -0.2) is 53.3 Å². The highest BCUT2D eigenvalue weighted by molar-refractivity contribution is 6.24. The van der Waals surface area contributed by atoms with Crippen LogP contribution in [0.5, 0.6) is 0 Å². The Labute approximate surface area is 168 Å². The monoisotopic (exact) mass is 407 g/mol. The minimum Gasteiger partial charge on any atom is -0.321 e. The summed E-state index contributed by atoms with van der Waals surface area (Å²) in [6, 6.07) is 5.69. The van der Waals surface area contributed by atoms with E-state index in [0.29, 0.717) is 4.90 Å². The lowest BCUT2D eigenvalue weighted by atomic mass is 10.1. The quantitative estimate of drug-likeness (QED) is 0.376. The van der Waals surface area contributed by atoms with Crippen LogP contribution in [0.4, 0.5) is 11.4 Å². The molecule has 1 N–H and O–H groups in total. The molecular weight excluding hydrogens is 394 g/mol. The number of hydrogen-bond acceptors (Lipinski definition) is 8. The molecule has 1 unspecified atom stereocenters. The predicted octanol–water partition coefficient (Wildman–Crippen LogP) is 1.19. The maximum Gasteiger partial charge on any atom is 0.282 e. The molecule has 3 heterocycles. The van der Waals surface area contributed by atoms with Crippen molar-refractivity contribution in [2.24, 2.45) is 0 Å². The zero-order chi connectivity index (χ0) is 21.4. The van der Waals surface area contributed by atoms with Gasteiger partial charge in [-0.15, -0.1) is 0 Å². The molecule has 0 spiro atoms. The number of nitro groups is 1. The SMILES string of the molecule is CC(C(=O)Nc1cccnc1-n1cncn1)N1C(=O)c2cccc([N+](=O)[O-])c2C1=O.